The quantitative estimate of drug-likeness (QED) is 0.386. The van der Waals surface area contributed by atoms with Crippen molar-refractivity contribution >= 4 is 53.8 Å². The molecule has 0 atom stereocenters. The van der Waals surface area contributed by atoms with Crippen molar-refractivity contribution in [2.75, 3.05) is 27.6 Å². The number of anilines is 3. The van der Waals surface area contributed by atoms with E-state index in [1.807, 2.05) is 30.3 Å². The van der Waals surface area contributed by atoms with Gasteiger partial charge in [0.2, 0.25) is 10.0 Å². The lowest BCUT2D eigenvalue weighted by Gasteiger charge is -2.19. The molecule has 0 unspecified atom stereocenters. The number of para-hydroxylation sites is 1. The fourth-order valence-corrected chi connectivity index (χ4v) is 5.15. The zero-order valence-corrected chi connectivity index (χ0v) is 20.6. The second-order valence-electron chi connectivity index (χ2n) is 7.86. The second kappa shape index (κ2) is 9.40. The van der Waals surface area contributed by atoms with Crippen LogP contribution in [0.4, 0.5) is 17.1 Å². The van der Waals surface area contributed by atoms with E-state index in [1.165, 1.54) is 43.4 Å². The Bertz CT molecular complexity index is 1610. The third kappa shape index (κ3) is 5.28. The van der Waals surface area contributed by atoms with Gasteiger partial charge >= 0.3 is 0 Å². The lowest BCUT2D eigenvalue weighted by Crippen LogP contribution is -2.27. The molecule has 2 N–H and O–H groups in total. The molecule has 0 heterocycles. The smallest absolute Gasteiger partial charge is 0.261 e. The number of carbonyl (C=O) groups is 1. The lowest BCUT2D eigenvalue weighted by atomic mass is 10.1. The fourth-order valence-electron chi connectivity index (χ4n) is 3.55. The third-order valence-corrected chi connectivity index (χ3v) is 8.01. The Labute approximate surface area is 204 Å². The first-order valence-corrected chi connectivity index (χ1v) is 13.8. The first kappa shape index (κ1) is 24.2. The molecule has 0 aliphatic rings. The summed E-state index contributed by atoms with van der Waals surface area (Å²) in [6.07, 6.45) is 1.05. The second-order valence-corrected chi connectivity index (χ2v) is 11.6. The average Bonchev–Trinajstić information content (AvgIpc) is 2.83. The molecular formula is C25H23N3O5S2. The minimum atomic E-state index is -3.87. The van der Waals surface area contributed by atoms with Crippen LogP contribution in [0.3, 0.4) is 0 Å². The van der Waals surface area contributed by atoms with Crippen molar-refractivity contribution in [3.8, 4) is 0 Å². The van der Waals surface area contributed by atoms with E-state index in [0.717, 1.165) is 21.3 Å². The minimum Gasteiger partial charge on any atom is -0.322 e. The van der Waals surface area contributed by atoms with E-state index >= 15 is 0 Å². The molecule has 0 aliphatic carbocycles. The van der Waals surface area contributed by atoms with E-state index in [0.29, 0.717) is 11.4 Å². The van der Waals surface area contributed by atoms with Gasteiger partial charge in [0.05, 0.1) is 28.1 Å². The normalized spacial score (nSPS) is 11.7. The largest absolute Gasteiger partial charge is 0.322 e. The number of carbonyl (C=O) groups excluding carboxylic acids is 1. The van der Waals surface area contributed by atoms with Crippen molar-refractivity contribution in [1.82, 2.24) is 0 Å². The topological polar surface area (TPSA) is 113 Å². The summed E-state index contributed by atoms with van der Waals surface area (Å²) in [4.78, 5) is 12.9. The van der Waals surface area contributed by atoms with Gasteiger partial charge in [0.25, 0.3) is 15.9 Å². The molecule has 0 radical (unpaired) electrons. The summed E-state index contributed by atoms with van der Waals surface area (Å²) < 4.78 is 53.4. The standard InChI is InChI=1S/C25H23N3O5S2/c1-28(34(2,30)31)24-13-6-5-11-22(24)25(29)26-19-14-16-20(17-15-19)35(32,33)27-23-12-7-9-18-8-3-4-10-21(18)23/h3-17,27H,1-2H3,(H,26,29). The van der Waals surface area contributed by atoms with Crippen molar-refractivity contribution in [2.45, 2.75) is 4.90 Å². The van der Waals surface area contributed by atoms with Crippen LogP contribution in [0.15, 0.2) is 95.9 Å². The van der Waals surface area contributed by atoms with Crippen molar-refractivity contribution in [2.24, 2.45) is 0 Å². The summed E-state index contributed by atoms with van der Waals surface area (Å²) >= 11 is 0. The number of sulfonamides is 2. The van der Waals surface area contributed by atoms with Crippen molar-refractivity contribution < 1.29 is 21.6 Å². The van der Waals surface area contributed by atoms with Gasteiger partial charge in [-0.3, -0.25) is 13.8 Å². The molecule has 0 saturated carbocycles. The summed E-state index contributed by atoms with van der Waals surface area (Å²) in [7, 11) is -6.07. The molecule has 8 nitrogen and oxygen atoms in total. The number of hydrogen-bond donors (Lipinski definition) is 2. The minimum absolute atomic E-state index is 0.0284. The van der Waals surface area contributed by atoms with Crippen LogP contribution in [-0.2, 0) is 20.0 Å². The van der Waals surface area contributed by atoms with E-state index in [9.17, 15) is 21.6 Å². The van der Waals surface area contributed by atoms with Crippen LogP contribution in [0.2, 0.25) is 0 Å². The van der Waals surface area contributed by atoms with Gasteiger partial charge in [0, 0.05) is 18.1 Å². The SMILES string of the molecule is CN(c1ccccc1C(=O)Nc1ccc(S(=O)(=O)Nc2cccc3ccccc23)cc1)S(C)(=O)=O. The number of fused-ring (bicyclic) bond motifs is 1. The Balaban J connectivity index is 1.54. The van der Waals surface area contributed by atoms with E-state index < -0.39 is 26.0 Å². The van der Waals surface area contributed by atoms with E-state index in [1.54, 1.807) is 24.3 Å². The molecule has 35 heavy (non-hydrogen) atoms. The van der Waals surface area contributed by atoms with Gasteiger partial charge in [-0.15, -0.1) is 0 Å². The summed E-state index contributed by atoms with van der Waals surface area (Å²) in [5, 5.41) is 4.37. The van der Waals surface area contributed by atoms with E-state index in [-0.39, 0.29) is 16.1 Å². The molecule has 4 aromatic carbocycles. The molecule has 4 rings (SSSR count). The summed E-state index contributed by atoms with van der Waals surface area (Å²) in [5.74, 6) is -0.527. The third-order valence-electron chi connectivity index (χ3n) is 5.44. The maximum atomic E-state index is 13.0. The zero-order valence-electron chi connectivity index (χ0n) is 19.0. The Kier molecular flexibility index (Phi) is 6.51. The van der Waals surface area contributed by atoms with Crippen molar-refractivity contribution in [1.29, 1.82) is 0 Å². The lowest BCUT2D eigenvalue weighted by molar-refractivity contribution is 0.102. The molecule has 10 heteroatoms. The van der Waals surface area contributed by atoms with Crippen LogP contribution < -0.4 is 14.3 Å². The molecule has 0 saturated heterocycles. The molecule has 0 bridgehead atoms. The Morgan fingerprint density at radius 3 is 2.11 bits per heavy atom. The molecule has 0 aliphatic heterocycles. The van der Waals surface area contributed by atoms with Crippen molar-refractivity contribution in [3.63, 3.8) is 0 Å². The first-order valence-electron chi connectivity index (χ1n) is 10.5. The van der Waals surface area contributed by atoms with Crippen LogP contribution in [0.25, 0.3) is 10.8 Å². The van der Waals surface area contributed by atoms with Crippen LogP contribution >= 0.6 is 0 Å². The van der Waals surface area contributed by atoms with Crippen LogP contribution in [0, 0.1) is 0 Å². The van der Waals surface area contributed by atoms with Gasteiger partial charge in [-0.25, -0.2) is 16.8 Å². The monoisotopic (exact) mass is 509 g/mol. The number of amides is 1. The first-order chi connectivity index (χ1) is 16.6. The molecule has 180 valence electrons. The highest BCUT2D eigenvalue weighted by Crippen LogP contribution is 2.27. The molecule has 4 aromatic rings. The number of hydrogen-bond acceptors (Lipinski definition) is 5. The maximum Gasteiger partial charge on any atom is 0.261 e. The Morgan fingerprint density at radius 2 is 1.40 bits per heavy atom. The van der Waals surface area contributed by atoms with E-state index in [2.05, 4.69) is 10.0 Å². The average molecular weight is 510 g/mol. The highest BCUT2D eigenvalue weighted by atomic mass is 32.2. The molecule has 0 spiro atoms. The van der Waals surface area contributed by atoms with Crippen molar-refractivity contribution in [3.05, 3.63) is 96.6 Å². The van der Waals surface area contributed by atoms with Gasteiger partial charge in [-0.1, -0.05) is 48.5 Å². The number of nitrogens with zero attached hydrogens (tertiary/aromatic N) is 1. The van der Waals surface area contributed by atoms with Gasteiger partial charge in [-0.2, -0.15) is 0 Å². The Hall–Kier alpha value is -3.89. The van der Waals surface area contributed by atoms with Crippen LogP contribution in [0.5, 0.6) is 0 Å². The molecule has 0 fully saturated rings. The summed E-state index contributed by atoms with van der Waals surface area (Å²) in [6, 6.07) is 24.8. The predicted molar refractivity (Wildman–Crippen MR) is 139 cm³/mol. The molecular weight excluding hydrogens is 486 g/mol. The predicted octanol–water partition coefficient (Wildman–Crippen LogP) is 4.29. The van der Waals surface area contributed by atoms with Crippen LogP contribution in [-0.4, -0.2) is 36.0 Å². The zero-order chi connectivity index (χ0) is 25.2. The maximum absolute atomic E-state index is 13.0. The number of rotatable bonds is 7. The van der Waals surface area contributed by atoms with Gasteiger partial charge in [0.1, 0.15) is 0 Å². The van der Waals surface area contributed by atoms with Gasteiger partial charge < -0.3 is 5.32 Å². The van der Waals surface area contributed by atoms with E-state index in [4.69, 9.17) is 0 Å². The van der Waals surface area contributed by atoms with Gasteiger partial charge in [-0.05, 0) is 47.9 Å². The Morgan fingerprint density at radius 1 is 0.771 bits per heavy atom. The number of benzene rings is 4. The molecule has 1 amide bonds. The summed E-state index contributed by atoms with van der Waals surface area (Å²) in [6.45, 7) is 0. The highest BCUT2D eigenvalue weighted by Gasteiger charge is 2.20. The van der Waals surface area contributed by atoms with Gasteiger partial charge in [0.15, 0.2) is 0 Å². The number of nitrogens with one attached hydrogen (secondary N) is 2. The fraction of sp³-hybridized carbons (Fsp3) is 0.0800. The van der Waals surface area contributed by atoms with Crippen LogP contribution in [0.1, 0.15) is 10.4 Å². The summed E-state index contributed by atoms with van der Waals surface area (Å²) in [5.41, 5.74) is 1.21. The molecule has 0 aromatic heterocycles. The highest BCUT2D eigenvalue weighted by molar-refractivity contribution is 7.92.